The molecule has 0 fully saturated rings. The van der Waals surface area contributed by atoms with E-state index in [2.05, 4.69) is 0 Å². The molecule has 1 atom stereocenters. The van der Waals surface area contributed by atoms with Crippen molar-refractivity contribution in [1.29, 1.82) is 0 Å². The van der Waals surface area contributed by atoms with Crippen LogP contribution in [0.25, 0.3) is 0 Å². The number of halogens is 4. The number of alkyl halides is 1. The average molecular weight is 299 g/mol. The molecule has 0 saturated heterocycles. The van der Waals surface area contributed by atoms with Gasteiger partial charge in [0.25, 0.3) is 0 Å². The highest BCUT2D eigenvalue weighted by Crippen LogP contribution is 2.31. The van der Waals surface area contributed by atoms with Gasteiger partial charge in [0.15, 0.2) is 0 Å². The van der Waals surface area contributed by atoms with Crippen molar-refractivity contribution in [2.75, 3.05) is 0 Å². The van der Waals surface area contributed by atoms with E-state index in [1.165, 1.54) is 24.3 Å². The quantitative estimate of drug-likeness (QED) is 0.680. The average Bonchev–Trinajstić information content (AvgIpc) is 2.31. The van der Waals surface area contributed by atoms with Gasteiger partial charge < -0.3 is 0 Å². The summed E-state index contributed by atoms with van der Waals surface area (Å²) in [6, 6.07) is 6.22. The first kappa shape index (κ1) is 14.9. The largest absolute Gasteiger partial charge is 0.207 e. The molecule has 0 spiro atoms. The van der Waals surface area contributed by atoms with Crippen LogP contribution >= 0.6 is 11.6 Å². The third-order valence-corrected chi connectivity index (χ3v) is 3.66. The Hall–Kier alpha value is -1.48. The highest BCUT2D eigenvalue weighted by molar-refractivity contribution is 6.21. The zero-order chi connectivity index (χ0) is 14.9. The van der Waals surface area contributed by atoms with Gasteiger partial charge in [-0.1, -0.05) is 6.07 Å². The predicted octanol–water partition coefficient (Wildman–Crippen LogP) is 5.24. The first-order valence-electron chi connectivity index (χ1n) is 6.23. The van der Waals surface area contributed by atoms with Crippen LogP contribution in [-0.4, -0.2) is 0 Å². The normalized spacial score (nSPS) is 12.5. The highest BCUT2D eigenvalue weighted by atomic mass is 35.5. The SMILES string of the molecule is Cc1cc(F)cc(C)c1C(Cl)Cc1ccc(F)cc1F. The van der Waals surface area contributed by atoms with E-state index >= 15 is 0 Å². The second kappa shape index (κ2) is 5.88. The summed E-state index contributed by atoms with van der Waals surface area (Å²) in [5.74, 6) is -1.56. The molecule has 0 aliphatic rings. The van der Waals surface area contributed by atoms with Crippen LogP contribution in [0.15, 0.2) is 30.3 Å². The molecular weight excluding hydrogens is 285 g/mol. The molecule has 0 bridgehead atoms. The van der Waals surface area contributed by atoms with Crippen LogP contribution in [0.2, 0.25) is 0 Å². The van der Waals surface area contributed by atoms with Crippen molar-refractivity contribution in [2.45, 2.75) is 25.6 Å². The summed E-state index contributed by atoms with van der Waals surface area (Å²) < 4.78 is 39.8. The molecule has 0 radical (unpaired) electrons. The number of aryl methyl sites for hydroxylation is 2. The van der Waals surface area contributed by atoms with Crippen molar-refractivity contribution < 1.29 is 13.2 Å². The number of rotatable bonds is 3. The number of hydrogen-bond donors (Lipinski definition) is 0. The number of benzene rings is 2. The Balaban J connectivity index is 2.31. The minimum atomic E-state index is -0.619. The fourth-order valence-electron chi connectivity index (χ4n) is 2.40. The van der Waals surface area contributed by atoms with Crippen molar-refractivity contribution >= 4 is 11.6 Å². The lowest BCUT2D eigenvalue weighted by Crippen LogP contribution is -2.04. The van der Waals surface area contributed by atoms with Crippen molar-refractivity contribution in [3.63, 3.8) is 0 Å². The molecule has 0 aromatic heterocycles. The summed E-state index contributed by atoms with van der Waals surface area (Å²) in [7, 11) is 0. The van der Waals surface area contributed by atoms with Crippen LogP contribution in [-0.2, 0) is 6.42 Å². The fourth-order valence-corrected chi connectivity index (χ4v) is 2.91. The molecule has 4 heteroatoms. The van der Waals surface area contributed by atoms with Gasteiger partial charge in [0.2, 0.25) is 0 Å². The first-order chi connectivity index (χ1) is 9.38. The first-order valence-corrected chi connectivity index (χ1v) is 6.66. The van der Waals surface area contributed by atoms with Gasteiger partial charge in [-0.05, 0) is 60.7 Å². The molecule has 0 heterocycles. The lowest BCUT2D eigenvalue weighted by atomic mass is 9.95. The van der Waals surface area contributed by atoms with E-state index in [1.54, 1.807) is 13.8 Å². The molecule has 0 saturated carbocycles. The van der Waals surface area contributed by atoms with Gasteiger partial charge in [-0.15, -0.1) is 11.6 Å². The van der Waals surface area contributed by atoms with E-state index in [1.807, 2.05) is 0 Å². The molecule has 1 unspecified atom stereocenters. The Labute approximate surface area is 121 Å². The fraction of sp³-hybridized carbons (Fsp3) is 0.250. The minimum absolute atomic E-state index is 0.223. The Bertz CT molecular complexity index is 615. The summed E-state index contributed by atoms with van der Waals surface area (Å²) in [6.45, 7) is 3.53. The van der Waals surface area contributed by atoms with Crippen LogP contribution in [0.3, 0.4) is 0 Å². The van der Waals surface area contributed by atoms with Crippen LogP contribution in [0, 0.1) is 31.3 Å². The molecule has 2 aromatic rings. The van der Waals surface area contributed by atoms with E-state index in [9.17, 15) is 13.2 Å². The van der Waals surface area contributed by atoms with Gasteiger partial charge in [0.05, 0.1) is 5.38 Å². The maximum atomic E-state index is 13.6. The van der Waals surface area contributed by atoms with Gasteiger partial charge in [-0.25, -0.2) is 13.2 Å². The maximum absolute atomic E-state index is 13.6. The van der Waals surface area contributed by atoms with Gasteiger partial charge in [-0.3, -0.25) is 0 Å². The lowest BCUT2D eigenvalue weighted by molar-refractivity contribution is 0.570. The van der Waals surface area contributed by atoms with Crippen molar-refractivity contribution in [3.8, 4) is 0 Å². The van der Waals surface area contributed by atoms with E-state index in [4.69, 9.17) is 11.6 Å². The smallest absolute Gasteiger partial charge is 0.129 e. The molecule has 20 heavy (non-hydrogen) atoms. The molecule has 0 amide bonds. The second-order valence-corrected chi connectivity index (χ2v) is 5.39. The Kier molecular flexibility index (Phi) is 4.39. The van der Waals surface area contributed by atoms with Crippen LogP contribution in [0.1, 0.15) is 27.6 Å². The monoisotopic (exact) mass is 298 g/mol. The summed E-state index contributed by atoms with van der Waals surface area (Å²) >= 11 is 6.33. The lowest BCUT2D eigenvalue weighted by Gasteiger charge is -2.16. The van der Waals surface area contributed by atoms with E-state index in [0.717, 1.165) is 22.8 Å². The van der Waals surface area contributed by atoms with Gasteiger partial charge in [0.1, 0.15) is 17.5 Å². The standard InChI is InChI=1S/C16H14ClF3/c1-9-5-13(19)6-10(2)16(9)14(17)7-11-3-4-12(18)8-15(11)20/h3-6,8,14H,7H2,1-2H3. The third-order valence-electron chi connectivity index (χ3n) is 3.29. The van der Waals surface area contributed by atoms with Crippen LogP contribution in [0.4, 0.5) is 13.2 Å². The van der Waals surface area contributed by atoms with Crippen molar-refractivity contribution in [2.24, 2.45) is 0 Å². The highest BCUT2D eigenvalue weighted by Gasteiger charge is 2.17. The number of hydrogen-bond acceptors (Lipinski definition) is 0. The van der Waals surface area contributed by atoms with Gasteiger partial charge in [-0.2, -0.15) is 0 Å². The van der Waals surface area contributed by atoms with Crippen molar-refractivity contribution in [1.82, 2.24) is 0 Å². The zero-order valence-corrected chi connectivity index (χ0v) is 11.9. The summed E-state index contributed by atoms with van der Waals surface area (Å²) in [4.78, 5) is 0. The van der Waals surface area contributed by atoms with E-state index in [0.29, 0.717) is 5.56 Å². The van der Waals surface area contributed by atoms with Crippen molar-refractivity contribution in [3.05, 3.63) is 70.0 Å². The molecular formula is C16H14ClF3. The Morgan fingerprint density at radius 2 is 1.55 bits per heavy atom. The van der Waals surface area contributed by atoms with E-state index in [-0.39, 0.29) is 12.2 Å². The van der Waals surface area contributed by atoms with Gasteiger partial charge >= 0.3 is 0 Å². The summed E-state index contributed by atoms with van der Waals surface area (Å²) in [5.41, 5.74) is 2.58. The molecule has 2 rings (SSSR count). The molecule has 0 aliphatic carbocycles. The Morgan fingerprint density at radius 3 is 2.10 bits per heavy atom. The molecule has 0 nitrogen and oxygen atoms in total. The topological polar surface area (TPSA) is 0 Å². The predicted molar refractivity (Wildman–Crippen MR) is 74.5 cm³/mol. The molecule has 0 N–H and O–H groups in total. The molecule has 0 aliphatic heterocycles. The zero-order valence-electron chi connectivity index (χ0n) is 11.2. The minimum Gasteiger partial charge on any atom is -0.207 e. The van der Waals surface area contributed by atoms with Gasteiger partial charge in [0, 0.05) is 6.07 Å². The summed E-state index contributed by atoms with van der Waals surface area (Å²) in [5, 5.41) is -0.490. The molecule has 106 valence electrons. The third kappa shape index (κ3) is 3.15. The van der Waals surface area contributed by atoms with Crippen LogP contribution < -0.4 is 0 Å². The second-order valence-electron chi connectivity index (χ2n) is 4.86. The van der Waals surface area contributed by atoms with Crippen LogP contribution in [0.5, 0.6) is 0 Å². The van der Waals surface area contributed by atoms with E-state index < -0.39 is 17.0 Å². The molecule has 2 aromatic carbocycles. The Morgan fingerprint density at radius 1 is 0.950 bits per heavy atom. The maximum Gasteiger partial charge on any atom is 0.129 e. The summed E-state index contributed by atoms with van der Waals surface area (Å²) in [6.07, 6.45) is 0.223.